The van der Waals surface area contributed by atoms with Crippen LogP contribution >= 0.6 is 0 Å². The zero-order chi connectivity index (χ0) is 24.0. The van der Waals surface area contributed by atoms with Crippen LogP contribution < -0.4 is 5.32 Å². The number of carbonyl (C=O) groups is 4. The average molecular weight is 468 g/mol. The summed E-state index contributed by atoms with van der Waals surface area (Å²) in [7, 11) is 1.39. The molecule has 2 aliphatic carbocycles. The number of aromatic nitrogens is 3. The second-order valence-corrected chi connectivity index (χ2v) is 9.64. The molecule has 2 aromatic heterocycles. The highest BCUT2D eigenvalue weighted by molar-refractivity contribution is 6.04. The van der Waals surface area contributed by atoms with E-state index in [2.05, 4.69) is 15.4 Å². The van der Waals surface area contributed by atoms with Crippen LogP contribution in [-0.2, 0) is 25.7 Å². The molecule has 1 aliphatic heterocycles. The molecular weight excluding hydrogens is 438 g/mol. The van der Waals surface area contributed by atoms with Gasteiger partial charge in [-0.05, 0) is 50.2 Å². The first kappa shape index (κ1) is 22.5. The van der Waals surface area contributed by atoms with Gasteiger partial charge in [-0.1, -0.05) is 6.42 Å². The summed E-state index contributed by atoms with van der Waals surface area (Å²) in [5.41, 5.74) is 0.762. The molecule has 0 radical (unpaired) electrons. The van der Waals surface area contributed by atoms with Crippen LogP contribution in [0.2, 0.25) is 0 Å². The number of pyridine rings is 1. The van der Waals surface area contributed by atoms with E-state index in [1.165, 1.54) is 18.7 Å². The minimum Gasteiger partial charge on any atom is -0.469 e. The van der Waals surface area contributed by atoms with Gasteiger partial charge in [0.1, 0.15) is 18.3 Å². The maximum atomic E-state index is 13.4. The fourth-order valence-corrected chi connectivity index (χ4v) is 5.64. The van der Waals surface area contributed by atoms with Gasteiger partial charge in [0.05, 0.1) is 18.4 Å². The van der Waals surface area contributed by atoms with Gasteiger partial charge in [0, 0.05) is 25.2 Å². The molecule has 1 saturated heterocycles. The molecule has 3 heterocycles. The minimum absolute atomic E-state index is 0.0690. The molecule has 34 heavy (non-hydrogen) atoms. The van der Waals surface area contributed by atoms with E-state index in [9.17, 15) is 19.2 Å². The molecule has 0 aromatic carbocycles. The number of ketones is 1. The maximum Gasteiger partial charge on any atom is 0.308 e. The Morgan fingerprint density at radius 3 is 2.76 bits per heavy atom. The number of carbonyl (C=O) groups excluding carboxylic acids is 4. The Morgan fingerprint density at radius 1 is 1.18 bits per heavy atom. The number of amides is 2. The van der Waals surface area contributed by atoms with Crippen LogP contribution in [0, 0.1) is 11.8 Å². The molecule has 2 aromatic rings. The van der Waals surface area contributed by atoms with Crippen molar-refractivity contribution in [2.45, 2.75) is 70.1 Å². The lowest BCUT2D eigenvalue weighted by Crippen LogP contribution is -2.52. The van der Waals surface area contributed by atoms with Crippen LogP contribution in [-0.4, -0.2) is 68.5 Å². The number of Topliss-reactive ketones (excluding diaryl/α,β-unsaturated/α-hetero) is 1. The number of hydrogen-bond donors (Lipinski definition) is 1. The molecule has 5 rings (SSSR count). The number of rotatable bonds is 6. The SMILES string of the molecule is COC(=O)[C@@H]1CCC[C@H](NC(=O)C2C[C@H]3C[C@H]3N2C(=O)Cn2nc(C(C)=O)c3cccnc32)C1. The molecule has 0 spiro atoms. The number of likely N-dealkylation sites (tertiary alicyclic amines) is 1. The summed E-state index contributed by atoms with van der Waals surface area (Å²) in [6, 6.07) is 2.93. The summed E-state index contributed by atoms with van der Waals surface area (Å²) < 4.78 is 6.34. The summed E-state index contributed by atoms with van der Waals surface area (Å²) in [6.07, 6.45) is 6.14. The van der Waals surface area contributed by atoms with E-state index in [-0.39, 0.29) is 53.8 Å². The third-order valence-corrected chi connectivity index (χ3v) is 7.38. The lowest BCUT2D eigenvalue weighted by Gasteiger charge is -2.32. The van der Waals surface area contributed by atoms with E-state index < -0.39 is 6.04 Å². The van der Waals surface area contributed by atoms with E-state index in [1.54, 1.807) is 23.2 Å². The van der Waals surface area contributed by atoms with Gasteiger partial charge in [0.25, 0.3) is 0 Å². The summed E-state index contributed by atoms with van der Waals surface area (Å²) in [5, 5.41) is 8.05. The van der Waals surface area contributed by atoms with Crippen molar-refractivity contribution in [1.82, 2.24) is 25.0 Å². The molecule has 1 unspecified atom stereocenters. The fraction of sp³-hybridized carbons (Fsp3) is 0.583. The number of fused-ring (bicyclic) bond motifs is 2. The van der Waals surface area contributed by atoms with Gasteiger partial charge in [0.2, 0.25) is 11.8 Å². The Labute approximate surface area is 197 Å². The van der Waals surface area contributed by atoms with Gasteiger partial charge in [-0.2, -0.15) is 5.10 Å². The lowest BCUT2D eigenvalue weighted by atomic mass is 9.85. The summed E-state index contributed by atoms with van der Waals surface area (Å²) in [6.45, 7) is 1.36. The predicted molar refractivity (Wildman–Crippen MR) is 121 cm³/mol. The molecule has 3 aliphatic rings. The number of piperidine rings is 1. The Bertz CT molecular complexity index is 1160. The van der Waals surface area contributed by atoms with Crippen LogP contribution in [0.5, 0.6) is 0 Å². The van der Waals surface area contributed by atoms with Crippen molar-refractivity contribution in [3.8, 4) is 0 Å². The first-order chi connectivity index (χ1) is 16.4. The molecule has 0 bridgehead atoms. The Morgan fingerprint density at radius 2 is 2.00 bits per heavy atom. The molecule has 180 valence electrons. The van der Waals surface area contributed by atoms with Gasteiger partial charge in [-0.15, -0.1) is 0 Å². The van der Waals surface area contributed by atoms with E-state index >= 15 is 0 Å². The number of esters is 1. The number of methoxy groups -OCH3 is 1. The highest BCUT2D eigenvalue weighted by Crippen LogP contribution is 2.48. The zero-order valence-corrected chi connectivity index (χ0v) is 19.4. The summed E-state index contributed by atoms with van der Waals surface area (Å²) in [5.74, 6) is -0.648. The highest BCUT2D eigenvalue weighted by atomic mass is 16.5. The number of hydrogen-bond acceptors (Lipinski definition) is 7. The van der Waals surface area contributed by atoms with Crippen molar-refractivity contribution in [1.29, 1.82) is 0 Å². The Balaban J connectivity index is 1.29. The largest absolute Gasteiger partial charge is 0.469 e. The lowest BCUT2D eigenvalue weighted by molar-refractivity contribution is -0.147. The highest BCUT2D eigenvalue weighted by Gasteiger charge is 2.56. The van der Waals surface area contributed by atoms with Crippen molar-refractivity contribution < 1.29 is 23.9 Å². The van der Waals surface area contributed by atoms with Gasteiger partial charge < -0.3 is 15.0 Å². The van der Waals surface area contributed by atoms with Crippen LogP contribution in [0.4, 0.5) is 0 Å². The first-order valence-corrected chi connectivity index (χ1v) is 11.9. The van der Waals surface area contributed by atoms with Crippen molar-refractivity contribution >= 4 is 34.6 Å². The Kier molecular flexibility index (Phi) is 5.83. The molecular formula is C24H29N5O5. The van der Waals surface area contributed by atoms with E-state index in [0.717, 1.165) is 25.7 Å². The van der Waals surface area contributed by atoms with Gasteiger partial charge >= 0.3 is 5.97 Å². The van der Waals surface area contributed by atoms with Crippen molar-refractivity contribution in [3.05, 3.63) is 24.0 Å². The first-order valence-electron chi connectivity index (χ1n) is 11.9. The van der Waals surface area contributed by atoms with E-state index in [0.29, 0.717) is 29.8 Å². The molecule has 2 amide bonds. The molecule has 5 atom stereocenters. The second kappa shape index (κ2) is 8.81. The Hall–Kier alpha value is -3.30. The maximum absolute atomic E-state index is 13.4. The molecule has 10 heteroatoms. The third-order valence-electron chi connectivity index (χ3n) is 7.38. The van der Waals surface area contributed by atoms with Crippen LogP contribution in [0.15, 0.2) is 18.3 Å². The molecule has 3 fully saturated rings. The van der Waals surface area contributed by atoms with Crippen molar-refractivity contribution in [2.24, 2.45) is 11.8 Å². The number of nitrogens with one attached hydrogen (secondary N) is 1. The zero-order valence-electron chi connectivity index (χ0n) is 19.4. The van der Waals surface area contributed by atoms with Crippen LogP contribution in [0.25, 0.3) is 11.0 Å². The van der Waals surface area contributed by atoms with Crippen molar-refractivity contribution in [3.63, 3.8) is 0 Å². The normalized spacial score (nSPS) is 27.8. The second-order valence-electron chi connectivity index (χ2n) is 9.64. The van der Waals surface area contributed by atoms with Gasteiger partial charge in [-0.25, -0.2) is 9.67 Å². The van der Waals surface area contributed by atoms with Crippen LogP contribution in [0.3, 0.4) is 0 Å². The topological polar surface area (TPSA) is 123 Å². The van der Waals surface area contributed by atoms with Crippen molar-refractivity contribution in [2.75, 3.05) is 7.11 Å². The van der Waals surface area contributed by atoms with E-state index in [4.69, 9.17) is 4.74 Å². The summed E-state index contributed by atoms with van der Waals surface area (Å²) >= 11 is 0. The molecule has 1 N–H and O–H groups in total. The molecule has 10 nitrogen and oxygen atoms in total. The number of ether oxygens (including phenoxy) is 1. The summed E-state index contributed by atoms with van der Waals surface area (Å²) in [4.78, 5) is 56.5. The number of nitrogens with zero attached hydrogens (tertiary/aromatic N) is 4. The quantitative estimate of drug-likeness (QED) is 0.504. The average Bonchev–Trinajstić information content (AvgIpc) is 3.33. The third kappa shape index (κ3) is 4.05. The smallest absolute Gasteiger partial charge is 0.308 e. The fourth-order valence-electron chi connectivity index (χ4n) is 5.64. The van der Waals surface area contributed by atoms with E-state index in [1.807, 2.05) is 0 Å². The van der Waals surface area contributed by atoms with Crippen LogP contribution in [0.1, 0.15) is 55.9 Å². The van der Waals surface area contributed by atoms with Gasteiger partial charge in [-0.3, -0.25) is 19.2 Å². The predicted octanol–water partition coefficient (Wildman–Crippen LogP) is 1.47. The van der Waals surface area contributed by atoms with Gasteiger partial charge in [0.15, 0.2) is 11.4 Å². The standard InChI is InChI=1S/C24H29N5O5/c1-13(30)21-17-7-4-8-25-22(17)28(27-21)12-20(31)29-18-10-15(18)11-19(29)23(32)26-16-6-3-5-14(9-16)24(33)34-2/h4,7-8,14-16,18-19H,3,5-6,9-12H2,1-2H3,(H,26,32)/t14-,15-,16+,18-,19?/m1/s1. The monoisotopic (exact) mass is 467 g/mol. The minimum atomic E-state index is -0.531. The molecule has 2 saturated carbocycles.